The zero-order valence-electron chi connectivity index (χ0n) is 27.9. The lowest BCUT2D eigenvalue weighted by molar-refractivity contribution is -0.145. The zero-order valence-corrected chi connectivity index (χ0v) is 27.9. The van der Waals surface area contributed by atoms with Crippen molar-refractivity contribution in [1.29, 1.82) is 0 Å². The van der Waals surface area contributed by atoms with E-state index in [2.05, 4.69) is 10.6 Å². The maximum absolute atomic E-state index is 13.3. The predicted octanol–water partition coefficient (Wildman–Crippen LogP) is 4.80. The van der Waals surface area contributed by atoms with Crippen LogP contribution in [0.1, 0.15) is 96.7 Å². The molecule has 10 nitrogen and oxygen atoms in total. The molecular weight excluding hydrogens is 574 g/mol. The van der Waals surface area contributed by atoms with E-state index in [1.807, 2.05) is 32.0 Å². The highest BCUT2D eigenvalue weighted by atomic mass is 16.6. The maximum atomic E-state index is 13.3. The Kier molecular flexibility index (Phi) is 11.6. The van der Waals surface area contributed by atoms with Gasteiger partial charge in [-0.15, -0.1) is 0 Å². The Balaban J connectivity index is 1.65. The fourth-order valence-corrected chi connectivity index (χ4v) is 4.57. The number of benzene rings is 2. The minimum absolute atomic E-state index is 0.0395. The summed E-state index contributed by atoms with van der Waals surface area (Å²) in [4.78, 5) is 53.3. The molecule has 3 N–H and O–H groups in total. The quantitative estimate of drug-likeness (QED) is 0.254. The van der Waals surface area contributed by atoms with Gasteiger partial charge in [-0.05, 0) is 104 Å². The molecule has 2 aromatic rings. The first kappa shape index (κ1) is 35.7. The summed E-state index contributed by atoms with van der Waals surface area (Å²) in [6.07, 6.45) is 1.31. The molecule has 0 bridgehead atoms. The first-order valence-electron chi connectivity index (χ1n) is 15.5. The molecular formula is C35H49N3O7. The molecule has 1 heterocycles. The molecule has 246 valence electrons. The number of β-amino-alcohol motifs (C(OH)–C–C–N with tert-alkyl or cyclic N) is 1. The van der Waals surface area contributed by atoms with Gasteiger partial charge in [-0.2, -0.15) is 0 Å². The number of amides is 2. The SMILES string of the molecule is CC(C)(CNC(=O)C1CCCCN1C(=O)c1ccccc1)NCC(O)c1ccc(OC(=O)C(C)(C)C)c(OC(=O)C(C)(C)C)c1. The topological polar surface area (TPSA) is 134 Å². The van der Waals surface area contributed by atoms with Crippen LogP contribution in [-0.2, 0) is 14.4 Å². The second-order valence-electron chi connectivity index (χ2n) is 14.4. The first-order valence-corrected chi connectivity index (χ1v) is 15.5. The van der Waals surface area contributed by atoms with E-state index < -0.39 is 40.5 Å². The minimum Gasteiger partial charge on any atom is -0.422 e. The third-order valence-corrected chi connectivity index (χ3v) is 7.55. The van der Waals surface area contributed by atoms with Gasteiger partial charge in [0.15, 0.2) is 11.5 Å². The average molecular weight is 624 g/mol. The molecule has 0 radical (unpaired) electrons. The number of ether oxygens (including phenoxy) is 2. The van der Waals surface area contributed by atoms with E-state index in [4.69, 9.17) is 9.47 Å². The summed E-state index contributed by atoms with van der Waals surface area (Å²) in [5, 5.41) is 17.3. The van der Waals surface area contributed by atoms with E-state index in [0.717, 1.165) is 12.8 Å². The maximum Gasteiger partial charge on any atom is 0.316 e. The molecule has 10 heteroatoms. The van der Waals surface area contributed by atoms with E-state index in [1.54, 1.807) is 64.6 Å². The van der Waals surface area contributed by atoms with Gasteiger partial charge in [0, 0.05) is 30.7 Å². The summed E-state index contributed by atoms with van der Waals surface area (Å²) in [6, 6.07) is 13.1. The Morgan fingerprint density at radius 2 is 1.47 bits per heavy atom. The smallest absolute Gasteiger partial charge is 0.316 e. The molecule has 2 unspecified atom stereocenters. The fourth-order valence-electron chi connectivity index (χ4n) is 4.57. The van der Waals surface area contributed by atoms with E-state index in [9.17, 15) is 24.3 Å². The van der Waals surface area contributed by atoms with E-state index in [0.29, 0.717) is 24.1 Å². The number of carbonyl (C=O) groups excluding carboxylic acids is 4. The van der Waals surface area contributed by atoms with E-state index in [-0.39, 0.29) is 36.4 Å². The van der Waals surface area contributed by atoms with Crippen LogP contribution in [0.5, 0.6) is 11.5 Å². The number of aliphatic hydroxyl groups is 1. The molecule has 1 aliphatic rings. The summed E-state index contributed by atoms with van der Waals surface area (Å²) in [5.41, 5.74) is -1.18. The average Bonchev–Trinajstić information content (AvgIpc) is 2.98. The Morgan fingerprint density at radius 1 is 0.867 bits per heavy atom. The van der Waals surface area contributed by atoms with Gasteiger partial charge in [0.25, 0.3) is 5.91 Å². The number of rotatable bonds is 10. The van der Waals surface area contributed by atoms with Gasteiger partial charge in [-0.25, -0.2) is 0 Å². The van der Waals surface area contributed by atoms with E-state index in [1.165, 1.54) is 12.1 Å². The second kappa shape index (κ2) is 14.6. The molecule has 0 saturated carbocycles. The third-order valence-electron chi connectivity index (χ3n) is 7.55. The molecule has 0 aliphatic carbocycles. The van der Waals surface area contributed by atoms with Crippen LogP contribution in [0.15, 0.2) is 48.5 Å². The normalized spacial score (nSPS) is 16.5. The number of carbonyl (C=O) groups is 4. The standard InChI is InChI=1S/C35H49N3O7/c1-33(2,3)31(42)44-27-18-17-24(20-28(27)45-32(43)34(4,5)6)26(39)21-37-35(7,8)22-36-29(40)25-16-12-13-19-38(25)30(41)23-14-10-9-11-15-23/h9-11,14-15,17-18,20,25-26,37,39H,12-13,16,19,21-22H2,1-8H3,(H,36,40). The molecule has 3 rings (SSSR count). The van der Waals surface area contributed by atoms with Crippen molar-refractivity contribution in [3.63, 3.8) is 0 Å². The number of nitrogens with zero attached hydrogens (tertiary/aromatic N) is 1. The van der Waals surface area contributed by atoms with Crippen molar-refractivity contribution >= 4 is 23.8 Å². The van der Waals surface area contributed by atoms with Gasteiger partial charge in [-0.1, -0.05) is 24.3 Å². The molecule has 0 aromatic heterocycles. The number of likely N-dealkylation sites (tertiary alicyclic amines) is 1. The highest BCUT2D eigenvalue weighted by molar-refractivity contribution is 5.97. The molecule has 0 spiro atoms. The van der Waals surface area contributed by atoms with Crippen LogP contribution in [0.3, 0.4) is 0 Å². The number of piperidine rings is 1. The van der Waals surface area contributed by atoms with Crippen molar-refractivity contribution in [2.75, 3.05) is 19.6 Å². The van der Waals surface area contributed by atoms with Crippen molar-refractivity contribution in [3.8, 4) is 11.5 Å². The second-order valence-corrected chi connectivity index (χ2v) is 14.4. The van der Waals surface area contributed by atoms with Crippen LogP contribution in [0, 0.1) is 10.8 Å². The number of hydrogen-bond donors (Lipinski definition) is 3. The molecule has 45 heavy (non-hydrogen) atoms. The van der Waals surface area contributed by atoms with Crippen LogP contribution >= 0.6 is 0 Å². The van der Waals surface area contributed by atoms with Gasteiger partial charge in [0.05, 0.1) is 16.9 Å². The number of aliphatic hydroxyl groups excluding tert-OH is 1. The lowest BCUT2D eigenvalue weighted by Gasteiger charge is -2.36. The van der Waals surface area contributed by atoms with Crippen LogP contribution in [0.25, 0.3) is 0 Å². The lowest BCUT2D eigenvalue weighted by atomic mass is 9.97. The monoisotopic (exact) mass is 623 g/mol. The van der Waals surface area contributed by atoms with Crippen LogP contribution in [0.4, 0.5) is 0 Å². The largest absolute Gasteiger partial charge is 0.422 e. The van der Waals surface area contributed by atoms with Gasteiger partial charge in [0.2, 0.25) is 5.91 Å². The van der Waals surface area contributed by atoms with Gasteiger partial charge in [-0.3, -0.25) is 19.2 Å². The number of esters is 2. The molecule has 2 amide bonds. The Morgan fingerprint density at radius 3 is 2.07 bits per heavy atom. The Labute approximate surface area is 266 Å². The van der Waals surface area contributed by atoms with Crippen molar-refractivity contribution in [2.45, 2.75) is 92.3 Å². The predicted molar refractivity (Wildman–Crippen MR) is 172 cm³/mol. The van der Waals surface area contributed by atoms with Crippen molar-refractivity contribution in [2.24, 2.45) is 10.8 Å². The lowest BCUT2D eigenvalue weighted by Crippen LogP contribution is -2.56. The van der Waals surface area contributed by atoms with Crippen LogP contribution in [-0.4, -0.2) is 65.0 Å². The van der Waals surface area contributed by atoms with Crippen molar-refractivity contribution in [3.05, 3.63) is 59.7 Å². The summed E-state index contributed by atoms with van der Waals surface area (Å²) in [5.74, 6) is -1.24. The molecule has 1 fully saturated rings. The third kappa shape index (κ3) is 10.1. The van der Waals surface area contributed by atoms with Crippen molar-refractivity contribution in [1.82, 2.24) is 15.5 Å². The van der Waals surface area contributed by atoms with Crippen LogP contribution < -0.4 is 20.1 Å². The summed E-state index contributed by atoms with van der Waals surface area (Å²) >= 11 is 0. The number of nitrogens with one attached hydrogen (secondary N) is 2. The highest BCUT2D eigenvalue weighted by Gasteiger charge is 2.34. The summed E-state index contributed by atoms with van der Waals surface area (Å²) in [6.45, 7) is 15.0. The Bertz CT molecular complexity index is 1360. The fraction of sp³-hybridized carbons (Fsp3) is 0.543. The van der Waals surface area contributed by atoms with E-state index >= 15 is 0 Å². The Hall–Kier alpha value is -3.76. The molecule has 2 atom stereocenters. The highest BCUT2D eigenvalue weighted by Crippen LogP contribution is 2.34. The molecule has 1 saturated heterocycles. The molecule has 1 aliphatic heterocycles. The van der Waals surface area contributed by atoms with Crippen molar-refractivity contribution < 1.29 is 33.8 Å². The van der Waals surface area contributed by atoms with Crippen LogP contribution in [0.2, 0.25) is 0 Å². The number of hydrogen-bond acceptors (Lipinski definition) is 8. The van der Waals surface area contributed by atoms with Gasteiger partial charge in [0.1, 0.15) is 6.04 Å². The summed E-state index contributed by atoms with van der Waals surface area (Å²) < 4.78 is 11.2. The minimum atomic E-state index is -1.00. The van der Waals surface area contributed by atoms with Gasteiger partial charge < -0.3 is 30.1 Å². The van der Waals surface area contributed by atoms with Gasteiger partial charge >= 0.3 is 11.9 Å². The zero-order chi connectivity index (χ0) is 33.6. The summed E-state index contributed by atoms with van der Waals surface area (Å²) in [7, 11) is 0. The molecule has 2 aromatic carbocycles. The first-order chi connectivity index (χ1) is 20.9.